The fourth-order valence-corrected chi connectivity index (χ4v) is 5.68. The average molecular weight is 413 g/mol. The van der Waals surface area contributed by atoms with Gasteiger partial charge in [0.25, 0.3) is 0 Å². The lowest BCUT2D eigenvalue weighted by Gasteiger charge is -2.28. The molecule has 0 amide bonds. The first-order valence-corrected chi connectivity index (χ1v) is 12.9. The Kier molecular flexibility index (Phi) is 9.27. The number of carbonyl (C=O) groups is 1. The third-order valence-electron chi connectivity index (χ3n) is 7.86. The molecule has 1 aromatic rings. The first-order valence-electron chi connectivity index (χ1n) is 12.9. The van der Waals surface area contributed by atoms with Crippen LogP contribution in [-0.2, 0) is 4.79 Å². The molecule has 30 heavy (non-hydrogen) atoms. The highest BCUT2D eigenvalue weighted by Crippen LogP contribution is 2.36. The molecule has 1 aromatic carbocycles. The lowest BCUT2D eigenvalue weighted by atomic mass is 9.79. The monoisotopic (exact) mass is 412 g/mol. The first kappa shape index (κ1) is 23.4. The van der Waals surface area contributed by atoms with Gasteiger partial charge in [-0.2, -0.15) is 0 Å². The van der Waals surface area contributed by atoms with E-state index in [2.05, 4.69) is 32.9 Å². The summed E-state index contributed by atoms with van der Waals surface area (Å²) in [5, 5.41) is 0. The average Bonchev–Trinajstić information content (AvgIpc) is 2.75. The number of hydrogen-bond donors (Lipinski definition) is 0. The molecule has 2 heteroatoms. The fourth-order valence-electron chi connectivity index (χ4n) is 5.68. The van der Waals surface area contributed by atoms with Gasteiger partial charge in [0.05, 0.1) is 5.92 Å². The molecule has 0 N–H and O–H groups in total. The van der Waals surface area contributed by atoms with Crippen LogP contribution in [0.2, 0.25) is 0 Å². The van der Waals surface area contributed by atoms with Crippen molar-refractivity contribution >= 4 is 5.97 Å². The second kappa shape index (κ2) is 11.9. The zero-order chi connectivity index (χ0) is 21.3. The van der Waals surface area contributed by atoms with Gasteiger partial charge in [0.1, 0.15) is 5.75 Å². The topological polar surface area (TPSA) is 26.3 Å². The molecule has 0 spiro atoms. The van der Waals surface area contributed by atoms with Crippen LogP contribution in [0.4, 0.5) is 0 Å². The molecule has 2 fully saturated rings. The van der Waals surface area contributed by atoms with E-state index in [9.17, 15) is 4.79 Å². The number of hydrogen-bond acceptors (Lipinski definition) is 2. The molecule has 0 saturated heterocycles. The predicted molar refractivity (Wildman–Crippen MR) is 126 cm³/mol. The maximum atomic E-state index is 12.6. The molecule has 168 valence electrons. The standard InChI is InChI=1S/C28H44O2/c1-4-6-21(2)7-5-8-23-11-15-26(16-12-23)28(29)30-27-19-17-25(18-20-27)24-13-9-22(3)10-14-24/h17-24,26H,4-16H2,1-3H3. The Labute approximate surface area is 185 Å². The van der Waals surface area contributed by atoms with E-state index >= 15 is 0 Å². The molecular formula is C28H44O2. The van der Waals surface area contributed by atoms with Crippen LogP contribution in [0.15, 0.2) is 24.3 Å². The third-order valence-corrected chi connectivity index (χ3v) is 7.86. The summed E-state index contributed by atoms with van der Waals surface area (Å²) in [6.07, 6.45) is 16.4. The molecule has 0 heterocycles. The Morgan fingerprint density at radius 3 is 2.27 bits per heavy atom. The largest absolute Gasteiger partial charge is 0.426 e. The molecule has 0 aliphatic heterocycles. The SMILES string of the molecule is CCCC(C)CCCC1CCC(C(=O)Oc2ccc(C3CCC(C)CC3)cc2)CC1. The van der Waals surface area contributed by atoms with Crippen LogP contribution in [0.3, 0.4) is 0 Å². The van der Waals surface area contributed by atoms with Crippen LogP contribution in [-0.4, -0.2) is 5.97 Å². The zero-order valence-corrected chi connectivity index (χ0v) is 19.7. The summed E-state index contributed by atoms with van der Waals surface area (Å²) < 4.78 is 5.75. The van der Waals surface area contributed by atoms with Crippen molar-refractivity contribution in [2.24, 2.45) is 23.7 Å². The molecular weight excluding hydrogens is 368 g/mol. The van der Waals surface area contributed by atoms with Gasteiger partial charge in [0, 0.05) is 0 Å². The van der Waals surface area contributed by atoms with Crippen molar-refractivity contribution in [1.29, 1.82) is 0 Å². The number of ether oxygens (including phenoxy) is 1. The van der Waals surface area contributed by atoms with Gasteiger partial charge in [0.15, 0.2) is 0 Å². The van der Waals surface area contributed by atoms with Crippen molar-refractivity contribution in [2.75, 3.05) is 0 Å². The van der Waals surface area contributed by atoms with Crippen molar-refractivity contribution in [2.45, 2.75) is 110 Å². The van der Waals surface area contributed by atoms with Gasteiger partial charge in [-0.15, -0.1) is 0 Å². The molecule has 2 nitrogen and oxygen atoms in total. The summed E-state index contributed by atoms with van der Waals surface area (Å²) in [6.45, 7) is 7.03. The summed E-state index contributed by atoms with van der Waals surface area (Å²) in [7, 11) is 0. The van der Waals surface area contributed by atoms with E-state index in [1.807, 2.05) is 12.1 Å². The van der Waals surface area contributed by atoms with Gasteiger partial charge in [-0.1, -0.05) is 77.8 Å². The quantitative estimate of drug-likeness (QED) is 0.301. The molecule has 0 radical (unpaired) electrons. The Morgan fingerprint density at radius 2 is 1.63 bits per heavy atom. The summed E-state index contributed by atoms with van der Waals surface area (Å²) in [6, 6.07) is 8.38. The van der Waals surface area contributed by atoms with Gasteiger partial charge in [0.2, 0.25) is 0 Å². The predicted octanol–water partition coefficient (Wildman–Crippen LogP) is 8.30. The lowest BCUT2D eigenvalue weighted by molar-refractivity contribution is -0.140. The summed E-state index contributed by atoms with van der Waals surface area (Å²) >= 11 is 0. The van der Waals surface area contributed by atoms with E-state index in [1.54, 1.807) is 0 Å². The summed E-state index contributed by atoms with van der Waals surface area (Å²) in [5.41, 5.74) is 1.41. The highest BCUT2D eigenvalue weighted by molar-refractivity contribution is 5.75. The van der Waals surface area contributed by atoms with Crippen LogP contribution in [0.1, 0.15) is 116 Å². The Morgan fingerprint density at radius 1 is 0.967 bits per heavy atom. The smallest absolute Gasteiger partial charge is 0.314 e. The van der Waals surface area contributed by atoms with E-state index in [0.29, 0.717) is 5.92 Å². The second-order valence-corrected chi connectivity index (χ2v) is 10.5. The zero-order valence-electron chi connectivity index (χ0n) is 19.7. The molecule has 0 aromatic heterocycles. The van der Waals surface area contributed by atoms with Gasteiger partial charge in [-0.25, -0.2) is 0 Å². The number of carbonyl (C=O) groups excluding carboxylic acids is 1. The van der Waals surface area contributed by atoms with Crippen molar-refractivity contribution in [1.82, 2.24) is 0 Å². The van der Waals surface area contributed by atoms with Crippen LogP contribution in [0.25, 0.3) is 0 Å². The fraction of sp³-hybridized carbons (Fsp3) is 0.750. The van der Waals surface area contributed by atoms with Gasteiger partial charge < -0.3 is 4.74 Å². The van der Waals surface area contributed by atoms with Crippen molar-refractivity contribution in [3.8, 4) is 5.75 Å². The highest BCUT2D eigenvalue weighted by atomic mass is 16.5. The lowest BCUT2D eigenvalue weighted by Crippen LogP contribution is -2.25. The van der Waals surface area contributed by atoms with Gasteiger partial charge in [-0.05, 0) is 79.9 Å². The molecule has 2 saturated carbocycles. The molecule has 1 unspecified atom stereocenters. The normalized spacial score (nSPS) is 28.1. The number of rotatable bonds is 9. The van der Waals surface area contributed by atoms with E-state index in [-0.39, 0.29) is 11.9 Å². The van der Waals surface area contributed by atoms with Crippen LogP contribution in [0.5, 0.6) is 5.75 Å². The maximum Gasteiger partial charge on any atom is 0.314 e. The van der Waals surface area contributed by atoms with E-state index in [0.717, 1.165) is 36.3 Å². The molecule has 2 aliphatic carbocycles. The van der Waals surface area contributed by atoms with E-state index in [1.165, 1.54) is 76.2 Å². The minimum atomic E-state index is -0.00995. The van der Waals surface area contributed by atoms with E-state index in [4.69, 9.17) is 4.74 Å². The minimum absolute atomic E-state index is 0.00995. The number of benzene rings is 1. The Bertz CT molecular complexity index is 619. The third kappa shape index (κ3) is 7.13. The molecule has 3 rings (SSSR count). The van der Waals surface area contributed by atoms with Crippen molar-refractivity contribution in [3.05, 3.63) is 29.8 Å². The summed E-state index contributed by atoms with van der Waals surface area (Å²) in [5.74, 6) is 4.06. The maximum absolute atomic E-state index is 12.6. The van der Waals surface area contributed by atoms with Crippen LogP contribution in [0, 0.1) is 23.7 Å². The highest BCUT2D eigenvalue weighted by Gasteiger charge is 2.28. The van der Waals surface area contributed by atoms with Gasteiger partial charge in [-0.3, -0.25) is 4.79 Å². The van der Waals surface area contributed by atoms with Crippen LogP contribution >= 0.6 is 0 Å². The first-order chi connectivity index (χ1) is 14.5. The van der Waals surface area contributed by atoms with Crippen molar-refractivity contribution in [3.63, 3.8) is 0 Å². The minimum Gasteiger partial charge on any atom is -0.426 e. The molecule has 2 aliphatic rings. The van der Waals surface area contributed by atoms with Crippen molar-refractivity contribution < 1.29 is 9.53 Å². The summed E-state index contributed by atoms with van der Waals surface area (Å²) in [4.78, 5) is 12.6. The van der Waals surface area contributed by atoms with E-state index < -0.39 is 0 Å². The van der Waals surface area contributed by atoms with Crippen LogP contribution < -0.4 is 4.74 Å². The second-order valence-electron chi connectivity index (χ2n) is 10.5. The Hall–Kier alpha value is -1.31. The molecule has 1 atom stereocenters. The molecule has 0 bridgehead atoms. The number of esters is 1. The Balaban J connectivity index is 1.37. The van der Waals surface area contributed by atoms with Gasteiger partial charge >= 0.3 is 5.97 Å².